The van der Waals surface area contributed by atoms with Crippen LogP contribution < -0.4 is 15.4 Å². The summed E-state index contributed by atoms with van der Waals surface area (Å²) < 4.78 is 5.56. The first-order chi connectivity index (χ1) is 14.6. The van der Waals surface area contributed by atoms with Crippen LogP contribution in [0.25, 0.3) is 0 Å². The van der Waals surface area contributed by atoms with Gasteiger partial charge in [0.05, 0.1) is 18.5 Å². The second-order valence-corrected chi connectivity index (χ2v) is 7.46. The van der Waals surface area contributed by atoms with Gasteiger partial charge in [-0.25, -0.2) is 0 Å². The van der Waals surface area contributed by atoms with E-state index in [4.69, 9.17) is 4.74 Å². The number of benzene rings is 1. The minimum absolute atomic E-state index is 0.0989. The number of allylic oxidation sites excluding steroid dienone is 3. The smallest absolute Gasteiger partial charge is 0.254 e. The van der Waals surface area contributed by atoms with Crippen molar-refractivity contribution in [1.29, 1.82) is 0 Å². The van der Waals surface area contributed by atoms with E-state index in [1.54, 1.807) is 24.5 Å². The second-order valence-electron chi connectivity index (χ2n) is 7.46. The lowest BCUT2D eigenvalue weighted by Crippen LogP contribution is -2.35. The SMILES string of the molecule is CCOc1ccc(C2C(C(=O)Nc3cccnc3)=C(C)NC3=C2C(=O)CCC3)cc1. The van der Waals surface area contributed by atoms with Gasteiger partial charge in [-0.2, -0.15) is 0 Å². The van der Waals surface area contributed by atoms with Gasteiger partial charge in [0, 0.05) is 41.1 Å². The molecule has 0 bridgehead atoms. The van der Waals surface area contributed by atoms with Crippen LogP contribution in [0.15, 0.2) is 71.3 Å². The summed E-state index contributed by atoms with van der Waals surface area (Å²) in [6.45, 7) is 4.41. The predicted molar refractivity (Wildman–Crippen MR) is 115 cm³/mol. The maximum absolute atomic E-state index is 13.3. The number of amides is 1. The first-order valence-electron chi connectivity index (χ1n) is 10.3. The molecule has 1 aliphatic heterocycles. The normalized spacial score (nSPS) is 18.6. The third kappa shape index (κ3) is 3.85. The summed E-state index contributed by atoms with van der Waals surface area (Å²) >= 11 is 0. The van der Waals surface area contributed by atoms with Crippen molar-refractivity contribution in [2.24, 2.45) is 0 Å². The fraction of sp³-hybridized carbons (Fsp3) is 0.292. The van der Waals surface area contributed by atoms with Gasteiger partial charge in [0.15, 0.2) is 5.78 Å². The third-order valence-electron chi connectivity index (χ3n) is 5.46. The number of hydrogen-bond acceptors (Lipinski definition) is 5. The van der Waals surface area contributed by atoms with Crippen molar-refractivity contribution in [3.05, 3.63) is 76.9 Å². The fourth-order valence-electron chi connectivity index (χ4n) is 4.18. The van der Waals surface area contributed by atoms with E-state index in [1.165, 1.54) is 0 Å². The number of carbonyl (C=O) groups excluding carboxylic acids is 2. The van der Waals surface area contributed by atoms with E-state index >= 15 is 0 Å². The lowest BCUT2D eigenvalue weighted by molar-refractivity contribution is -0.116. The van der Waals surface area contributed by atoms with Gasteiger partial charge in [-0.05, 0) is 56.5 Å². The maximum Gasteiger partial charge on any atom is 0.254 e. The monoisotopic (exact) mass is 403 g/mol. The molecule has 1 aromatic carbocycles. The number of hydrogen-bond donors (Lipinski definition) is 2. The molecule has 30 heavy (non-hydrogen) atoms. The van der Waals surface area contributed by atoms with Gasteiger partial charge in [-0.1, -0.05) is 12.1 Å². The van der Waals surface area contributed by atoms with Crippen molar-refractivity contribution < 1.29 is 14.3 Å². The van der Waals surface area contributed by atoms with E-state index < -0.39 is 5.92 Å². The number of nitrogens with one attached hydrogen (secondary N) is 2. The number of aromatic nitrogens is 1. The van der Waals surface area contributed by atoms with Gasteiger partial charge in [0.2, 0.25) is 0 Å². The lowest BCUT2D eigenvalue weighted by Gasteiger charge is -2.34. The molecule has 2 aliphatic rings. The molecule has 0 spiro atoms. The van der Waals surface area contributed by atoms with Crippen molar-refractivity contribution in [3.63, 3.8) is 0 Å². The van der Waals surface area contributed by atoms with Crippen LogP contribution in [0.2, 0.25) is 0 Å². The van der Waals surface area contributed by atoms with Crippen LogP contribution in [0.3, 0.4) is 0 Å². The highest BCUT2D eigenvalue weighted by molar-refractivity contribution is 6.09. The molecule has 1 atom stereocenters. The summed E-state index contributed by atoms with van der Waals surface area (Å²) in [6.07, 6.45) is 5.40. The average Bonchev–Trinajstić information content (AvgIpc) is 2.74. The molecule has 2 heterocycles. The molecule has 2 N–H and O–H groups in total. The number of ketones is 1. The molecule has 2 aromatic rings. The van der Waals surface area contributed by atoms with Crippen LogP contribution in [0.1, 0.15) is 44.6 Å². The predicted octanol–water partition coefficient (Wildman–Crippen LogP) is 4.09. The van der Waals surface area contributed by atoms with Crippen LogP contribution in [-0.2, 0) is 9.59 Å². The van der Waals surface area contributed by atoms with Crippen LogP contribution in [0, 0.1) is 0 Å². The highest BCUT2D eigenvalue weighted by Gasteiger charge is 2.38. The summed E-state index contributed by atoms with van der Waals surface area (Å²) in [5.74, 6) is 0.210. The standard InChI is InChI=1S/C24H25N3O3/c1-3-30-18-11-9-16(10-12-18)22-21(24(29)27-17-6-5-13-25-14-17)15(2)26-19-7-4-8-20(28)23(19)22/h5-6,9-14,22,26H,3-4,7-8H2,1-2H3,(H,27,29). The molecule has 0 saturated heterocycles. The van der Waals surface area contributed by atoms with E-state index in [0.717, 1.165) is 35.5 Å². The summed E-state index contributed by atoms with van der Waals surface area (Å²) in [4.78, 5) is 30.3. The van der Waals surface area contributed by atoms with E-state index in [2.05, 4.69) is 15.6 Å². The van der Waals surface area contributed by atoms with Crippen molar-refractivity contribution in [3.8, 4) is 5.75 Å². The fourth-order valence-corrected chi connectivity index (χ4v) is 4.18. The zero-order chi connectivity index (χ0) is 21.1. The number of ether oxygens (including phenoxy) is 1. The summed E-state index contributed by atoms with van der Waals surface area (Å²) in [5, 5.41) is 6.26. The third-order valence-corrected chi connectivity index (χ3v) is 5.46. The molecule has 6 nitrogen and oxygen atoms in total. The number of Topliss-reactive ketones (excluding diaryl/α,β-unsaturated/α-hetero) is 1. The number of pyridine rings is 1. The topological polar surface area (TPSA) is 80.3 Å². The van der Waals surface area contributed by atoms with Crippen LogP contribution in [0.4, 0.5) is 5.69 Å². The molecule has 4 rings (SSSR count). The number of dihydropyridines is 1. The van der Waals surface area contributed by atoms with Crippen LogP contribution >= 0.6 is 0 Å². The van der Waals surface area contributed by atoms with E-state index in [1.807, 2.05) is 38.1 Å². The molecule has 1 aliphatic carbocycles. The maximum atomic E-state index is 13.3. The molecule has 0 fully saturated rings. The minimum Gasteiger partial charge on any atom is -0.494 e. The zero-order valence-electron chi connectivity index (χ0n) is 17.2. The molecule has 0 radical (unpaired) electrons. The zero-order valence-corrected chi connectivity index (χ0v) is 17.2. The van der Waals surface area contributed by atoms with Gasteiger partial charge in [0.1, 0.15) is 5.75 Å². The Bertz CT molecular complexity index is 1020. The van der Waals surface area contributed by atoms with Gasteiger partial charge in [-0.3, -0.25) is 14.6 Å². The highest BCUT2D eigenvalue weighted by Crippen LogP contribution is 2.42. The molecule has 1 aromatic heterocycles. The number of anilines is 1. The number of nitrogens with zero attached hydrogens (tertiary/aromatic N) is 1. The number of carbonyl (C=O) groups is 2. The molecular formula is C24H25N3O3. The Morgan fingerprint density at radius 1 is 1.23 bits per heavy atom. The second kappa shape index (κ2) is 8.53. The van der Waals surface area contributed by atoms with Crippen LogP contribution in [-0.4, -0.2) is 23.3 Å². The average molecular weight is 403 g/mol. The Morgan fingerprint density at radius 2 is 2.03 bits per heavy atom. The molecule has 1 amide bonds. The Morgan fingerprint density at radius 3 is 2.73 bits per heavy atom. The highest BCUT2D eigenvalue weighted by atomic mass is 16.5. The Hall–Kier alpha value is -3.41. The van der Waals surface area contributed by atoms with E-state index in [-0.39, 0.29) is 11.7 Å². The lowest BCUT2D eigenvalue weighted by atomic mass is 9.75. The van der Waals surface area contributed by atoms with Gasteiger partial charge < -0.3 is 15.4 Å². The van der Waals surface area contributed by atoms with E-state index in [0.29, 0.717) is 29.9 Å². The minimum atomic E-state index is -0.415. The molecular weight excluding hydrogens is 378 g/mol. The quantitative estimate of drug-likeness (QED) is 0.786. The number of rotatable bonds is 5. The van der Waals surface area contributed by atoms with Crippen molar-refractivity contribution in [2.45, 2.75) is 39.0 Å². The summed E-state index contributed by atoms with van der Waals surface area (Å²) in [6, 6.07) is 11.2. The van der Waals surface area contributed by atoms with E-state index in [9.17, 15) is 9.59 Å². The van der Waals surface area contributed by atoms with Gasteiger partial charge in [0.25, 0.3) is 5.91 Å². The largest absolute Gasteiger partial charge is 0.494 e. The molecule has 1 unspecified atom stereocenters. The van der Waals surface area contributed by atoms with Crippen LogP contribution in [0.5, 0.6) is 5.75 Å². The van der Waals surface area contributed by atoms with Gasteiger partial charge >= 0.3 is 0 Å². The summed E-state index contributed by atoms with van der Waals surface area (Å²) in [7, 11) is 0. The Labute approximate surface area is 176 Å². The Balaban J connectivity index is 1.76. The molecule has 154 valence electrons. The first kappa shape index (κ1) is 19.9. The molecule has 0 saturated carbocycles. The van der Waals surface area contributed by atoms with Crippen molar-refractivity contribution in [2.75, 3.05) is 11.9 Å². The Kier molecular flexibility index (Phi) is 5.65. The van der Waals surface area contributed by atoms with Gasteiger partial charge in [-0.15, -0.1) is 0 Å². The van der Waals surface area contributed by atoms with Crippen molar-refractivity contribution >= 4 is 17.4 Å². The first-order valence-corrected chi connectivity index (χ1v) is 10.3. The molecule has 6 heteroatoms. The van der Waals surface area contributed by atoms with Crippen molar-refractivity contribution in [1.82, 2.24) is 10.3 Å². The summed E-state index contributed by atoms with van der Waals surface area (Å²) in [5.41, 5.74) is 4.47.